The van der Waals surface area contributed by atoms with Gasteiger partial charge >= 0.3 is 5.97 Å². The molecule has 0 spiro atoms. The number of hydrogen-bond acceptors (Lipinski definition) is 6. The first-order valence-corrected chi connectivity index (χ1v) is 6.99. The van der Waals surface area contributed by atoms with Crippen LogP contribution in [0.25, 0.3) is 11.3 Å². The third-order valence-electron chi connectivity index (χ3n) is 2.99. The van der Waals surface area contributed by atoms with E-state index in [1.54, 1.807) is 44.1 Å². The summed E-state index contributed by atoms with van der Waals surface area (Å²) in [5.41, 5.74) is 1.67. The Morgan fingerprint density at radius 3 is 2.68 bits per heavy atom. The number of rotatable bonds is 6. The Kier molecular flexibility index (Phi) is 4.98. The lowest BCUT2D eigenvalue weighted by molar-refractivity contribution is 0.0518. The zero-order chi connectivity index (χ0) is 16.1. The Balaban J connectivity index is 2.41. The summed E-state index contributed by atoms with van der Waals surface area (Å²) in [6.07, 6.45) is 1.63. The lowest BCUT2D eigenvalue weighted by atomic mass is 10.2. The van der Waals surface area contributed by atoms with Crippen molar-refractivity contribution in [3.8, 4) is 22.9 Å². The van der Waals surface area contributed by atoms with Gasteiger partial charge in [-0.05, 0) is 19.9 Å². The molecule has 7 nitrogen and oxygen atoms in total. The van der Waals surface area contributed by atoms with Gasteiger partial charge in [-0.3, -0.25) is 4.68 Å². The van der Waals surface area contributed by atoms with E-state index in [9.17, 15) is 4.79 Å². The fourth-order valence-electron chi connectivity index (χ4n) is 2.03. The molecular formula is C15H19N3O4. The topological polar surface area (TPSA) is 75.5 Å². The summed E-state index contributed by atoms with van der Waals surface area (Å²) in [5, 5.41) is 4.17. The van der Waals surface area contributed by atoms with E-state index in [0.29, 0.717) is 30.5 Å². The highest BCUT2D eigenvalue weighted by Gasteiger charge is 2.18. The van der Waals surface area contributed by atoms with Crippen LogP contribution in [-0.4, -0.2) is 41.1 Å². The van der Waals surface area contributed by atoms with Crippen LogP contribution >= 0.6 is 0 Å². The molecule has 7 heteroatoms. The first kappa shape index (κ1) is 15.8. The molecule has 0 bridgehead atoms. The zero-order valence-corrected chi connectivity index (χ0v) is 13.1. The normalized spacial score (nSPS) is 10.4. The summed E-state index contributed by atoms with van der Waals surface area (Å²) in [6, 6.07) is 3.35. The first-order chi connectivity index (χ1) is 10.6. The van der Waals surface area contributed by atoms with E-state index in [1.165, 1.54) is 0 Å². The molecule has 118 valence electrons. The quantitative estimate of drug-likeness (QED) is 0.760. The van der Waals surface area contributed by atoms with Gasteiger partial charge in [-0.2, -0.15) is 5.10 Å². The predicted octanol–water partition coefficient (Wildman–Crippen LogP) is 2.07. The Bertz CT molecular complexity index is 667. The van der Waals surface area contributed by atoms with Crippen molar-refractivity contribution in [3.63, 3.8) is 0 Å². The predicted molar refractivity (Wildman–Crippen MR) is 80.1 cm³/mol. The van der Waals surface area contributed by atoms with Crippen LogP contribution < -0.4 is 9.47 Å². The van der Waals surface area contributed by atoms with Crippen LogP contribution in [0, 0.1) is 0 Å². The molecule has 0 atom stereocenters. The maximum absolute atomic E-state index is 11.8. The fraction of sp³-hybridized carbons (Fsp3) is 0.400. The van der Waals surface area contributed by atoms with Gasteiger partial charge in [0.15, 0.2) is 5.69 Å². The molecule has 2 heterocycles. The third kappa shape index (κ3) is 3.19. The SMILES string of the molecule is CCOC(=O)c1cc(-c2cnc(OCC)cc2OC)n(C)n1. The van der Waals surface area contributed by atoms with Crippen LogP contribution in [0.4, 0.5) is 0 Å². The van der Waals surface area contributed by atoms with Crippen molar-refractivity contribution in [1.82, 2.24) is 14.8 Å². The minimum Gasteiger partial charge on any atom is -0.496 e. The van der Waals surface area contributed by atoms with Gasteiger partial charge in [-0.15, -0.1) is 0 Å². The maximum atomic E-state index is 11.8. The molecule has 0 saturated carbocycles. The maximum Gasteiger partial charge on any atom is 0.358 e. The van der Waals surface area contributed by atoms with Crippen LogP contribution in [0.2, 0.25) is 0 Å². The molecule has 2 rings (SSSR count). The number of methoxy groups -OCH3 is 1. The number of nitrogens with zero attached hydrogens (tertiary/aromatic N) is 3. The summed E-state index contributed by atoms with van der Waals surface area (Å²) in [4.78, 5) is 16.0. The molecule has 0 aliphatic carbocycles. The molecule has 0 N–H and O–H groups in total. The molecular weight excluding hydrogens is 286 g/mol. The number of ether oxygens (including phenoxy) is 3. The fourth-order valence-corrected chi connectivity index (χ4v) is 2.03. The van der Waals surface area contributed by atoms with Gasteiger partial charge in [0.05, 0.1) is 31.6 Å². The molecule has 2 aromatic heterocycles. The van der Waals surface area contributed by atoms with Crippen molar-refractivity contribution in [1.29, 1.82) is 0 Å². The molecule has 22 heavy (non-hydrogen) atoms. The van der Waals surface area contributed by atoms with Crippen LogP contribution in [0.1, 0.15) is 24.3 Å². The Morgan fingerprint density at radius 2 is 2.05 bits per heavy atom. The molecule has 0 amide bonds. The van der Waals surface area contributed by atoms with Gasteiger partial charge in [-0.25, -0.2) is 9.78 Å². The van der Waals surface area contributed by atoms with Crippen LogP contribution in [-0.2, 0) is 11.8 Å². The van der Waals surface area contributed by atoms with Gasteiger partial charge in [0.2, 0.25) is 5.88 Å². The minimum atomic E-state index is -0.456. The Hall–Kier alpha value is -2.57. The Morgan fingerprint density at radius 1 is 1.27 bits per heavy atom. The van der Waals surface area contributed by atoms with E-state index in [1.807, 2.05) is 6.92 Å². The molecule has 0 aliphatic heterocycles. The van der Waals surface area contributed by atoms with E-state index in [0.717, 1.165) is 5.56 Å². The number of hydrogen-bond donors (Lipinski definition) is 0. The van der Waals surface area contributed by atoms with E-state index >= 15 is 0 Å². The van der Waals surface area contributed by atoms with E-state index in [2.05, 4.69) is 10.1 Å². The van der Waals surface area contributed by atoms with Crippen molar-refractivity contribution in [3.05, 3.63) is 24.0 Å². The van der Waals surface area contributed by atoms with Crippen LogP contribution in [0.5, 0.6) is 11.6 Å². The van der Waals surface area contributed by atoms with Gasteiger partial charge < -0.3 is 14.2 Å². The second-order valence-corrected chi connectivity index (χ2v) is 4.41. The standard InChI is InChI=1S/C15H19N3O4/c1-5-21-14-8-13(20-4)10(9-16-14)12-7-11(17-18(12)3)15(19)22-6-2/h7-9H,5-6H2,1-4H3. The highest BCUT2D eigenvalue weighted by Crippen LogP contribution is 2.32. The molecule has 0 saturated heterocycles. The Labute approximate surface area is 128 Å². The zero-order valence-electron chi connectivity index (χ0n) is 13.1. The molecule has 0 aromatic carbocycles. The molecule has 0 unspecified atom stereocenters. The molecule has 0 radical (unpaired) electrons. The first-order valence-electron chi connectivity index (χ1n) is 6.99. The van der Waals surface area contributed by atoms with Crippen molar-refractivity contribution in [2.45, 2.75) is 13.8 Å². The van der Waals surface area contributed by atoms with Crippen molar-refractivity contribution < 1.29 is 19.0 Å². The largest absolute Gasteiger partial charge is 0.496 e. The lowest BCUT2D eigenvalue weighted by Gasteiger charge is -2.10. The summed E-state index contributed by atoms with van der Waals surface area (Å²) in [7, 11) is 3.31. The number of pyridine rings is 1. The van der Waals surface area contributed by atoms with Gasteiger partial charge in [0.25, 0.3) is 0 Å². The number of aromatic nitrogens is 3. The third-order valence-corrected chi connectivity index (χ3v) is 2.99. The molecule has 0 aliphatic rings. The summed E-state index contributed by atoms with van der Waals surface area (Å²) >= 11 is 0. The monoisotopic (exact) mass is 305 g/mol. The smallest absolute Gasteiger partial charge is 0.358 e. The summed E-state index contributed by atoms with van der Waals surface area (Å²) < 4.78 is 17.3. The van der Waals surface area contributed by atoms with E-state index in [4.69, 9.17) is 14.2 Å². The van der Waals surface area contributed by atoms with Crippen LogP contribution in [0.15, 0.2) is 18.3 Å². The highest BCUT2D eigenvalue weighted by atomic mass is 16.5. The molecule has 0 fully saturated rings. The number of carbonyl (C=O) groups excluding carboxylic acids is 1. The number of aryl methyl sites for hydroxylation is 1. The second kappa shape index (κ2) is 6.93. The van der Waals surface area contributed by atoms with Crippen molar-refractivity contribution in [2.24, 2.45) is 7.05 Å². The minimum absolute atomic E-state index is 0.246. The lowest BCUT2D eigenvalue weighted by Crippen LogP contribution is -2.06. The van der Waals surface area contributed by atoms with Crippen molar-refractivity contribution >= 4 is 5.97 Å². The van der Waals surface area contributed by atoms with E-state index in [-0.39, 0.29) is 5.69 Å². The van der Waals surface area contributed by atoms with Gasteiger partial charge in [-0.1, -0.05) is 0 Å². The summed E-state index contributed by atoms with van der Waals surface area (Å²) in [5.74, 6) is 0.620. The number of esters is 1. The summed E-state index contributed by atoms with van der Waals surface area (Å²) in [6.45, 7) is 4.46. The molecule has 2 aromatic rings. The van der Waals surface area contributed by atoms with E-state index < -0.39 is 5.97 Å². The highest BCUT2D eigenvalue weighted by molar-refractivity contribution is 5.89. The average molecular weight is 305 g/mol. The number of carbonyl (C=O) groups is 1. The van der Waals surface area contributed by atoms with Gasteiger partial charge in [0.1, 0.15) is 5.75 Å². The average Bonchev–Trinajstić information content (AvgIpc) is 2.89. The second-order valence-electron chi connectivity index (χ2n) is 4.41. The van der Waals surface area contributed by atoms with Crippen molar-refractivity contribution in [2.75, 3.05) is 20.3 Å². The van der Waals surface area contributed by atoms with Crippen LogP contribution in [0.3, 0.4) is 0 Å². The van der Waals surface area contributed by atoms with Gasteiger partial charge in [0, 0.05) is 19.3 Å².